The van der Waals surface area contributed by atoms with Gasteiger partial charge in [0.1, 0.15) is 17.2 Å². The number of Topliss-reactive ketones (excluding diaryl/α,β-unsaturated/α-hetero) is 2. The normalized spacial score (nSPS) is 13.7. The third-order valence-electron chi connectivity index (χ3n) is 4.59. The first-order chi connectivity index (χ1) is 14.5. The lowest BCUT2D eigenvalue weighted by Crippen LogP contribution is -2.11. The summed E-state index contributed by atoms with van der Waals surface area (Å²) < 4.78 is 17.4. The average molecular weight is 465 g/mol. The highest BCUT2D eigenvalue weighted by Crippen LogP contribution is 2.35. The fraction of sp³-hybridized carbons (Fsp3) is 0.0833. The van der Waals surface area contributed by atoms with Gasteiger partial charge in [0.05, 0.1) is 12.7 Å². The molecule has 0 fully saturated rings. The zero-order valence-electron chi connectivity index (χ0n) is 16.1. The fourth-order valence-corrected chi connectivity index (χ4v) is 3.24. The van der Waals surface area contributed by atoms with Gasteiger partial charge >= 0.3 is 0 Å². The molecule has 0 bridgehead atoms. The Morgan fingerprint density at radius 3 is 2.40 bits per heavy atom. The minimum Gasteiger partial charge on any atom is -0.497 e. The highest BCUT2D eigenvalue weighted by Gasteiger charge is 2.27. The number of ketones is 2. The molecular weight excluding hydrogens is 448 g/mol. The fourth-order valence-electron chi connectivity index (χ4n) is 2.98. The predicted octanol–water partition coefficient (Wildman–Crippen LogP) is 5.34. The zero-order chi connectivity index (χ0) is 21.1. The molecule has 1 aliphatic rings. The molecule has 0 saturated carbocycles. The Morgan fingerprint density at radius 1 is 1.00 bits per heavy atom. The summed E-state index contributed by atoms with van der Waals surface area (Å²) >= 11 is 3.38. The van der Waals surface area contributed by atoms with Crippen molar-refractivity contribution in [3.8, 4) is 17.2 Å². The van der Waals surface area contributed by atoms with E-state index in [1.165, 1.54) is 0 Å². The first-order valence-corrected chi connectivity index (χ1v) is 9.97. The maximum absolute atomic E-state index is 12.6. The lowest BCUT2D eigenvalue weighted by Gasteiger charge is -2.07. The van der Waals surface area contributed by atoms with Crippen LogP contribution in [0.2, 0.25) is 0 Å². The quantitative estimate of drug-likeness (QED) is 0.364. The Kier molecular flexibility index (Phi) is 5.68. The second-order valence-electron chi connectivity index (χ2n) is 6.59. The molecule has 5 nitrogen and oxygen atoms in total. The minimum atomic E-state index is -0.186. The van der Waals surface area contributed by atoms with Gasteiger partial charge in [-0.05, 0) is 60.2 Å². The molecule has 0 amide bonds. The number of methoxy groups -OCH3 is 1. The Bertz CT molecular complexity index is 1130. The molecule has 0 aliphatic carbocycles. The van der Waals surface area contributed by atoms with Crippen LogP contribution in [0.3, 0.4) is 0 Å². The van der Waals surface area contributed by atoms with Crippen LogP contribution in [0, 0.1) is 0 Å². The molecule has 150 valence electrons. The SMILES string of the molecule is COc1ccc(C(=O)COc2ccc3c(c2)O/C(=C\c2ccc(Br)cc2)C3=O)cc1. The Balaban J connectivity index is 1.44. The Labute approximate surface area is 182 Å². The number of halogens is 1. The molecule has 4 rings (SSSR count). The van der Waals surface area contributed by atoms with Crippen molar-refractivity contribution in [2.75, 3.05) is 13.7 Å². The summed E-state index contributed by atoms with van der Waals surface area (Å²) in [6.45, 7) is -0.124. The molecule has 6 heteroatoms. The van der Waals surface area contributed by atoms with Gasteiger partial charge in [-0.25, -0.2) is 0 Å². The van der Waals surface area contributed by atoms with Crippen LogP contribution in [-0.2, 0) is 0 Å². The van der Waals surface area contributed by atoms with Crippen LogP contribution in [0.4, 0.5) is 0 Å². The van der Waals surface area contributed by atoms with Crippen molar-refractivity contribution in [3.63, 3.8) is 0 Å². The van der Waals surface area contributed by atoms with Gasteiger partial charge in [-0.15, -0.1) is 0 Å². The van der Waals surface area contributed by atoms with E-state index in [-0.39, 0.29) is 23.9 Å². The minimum absolute atomic E-state index is 0.124. The number of fused-ring (bicyclic) bond motifs is 1. The summed E-state index contributed by atoms with van der Waals surface area (Å²) in [7, 11) is 1.57. The first kappa shape index (κ1) is 19.9. The van der Waals surface area contributed by atoms with E-state index in [2.05, 4.69) is 15.9 Å². The molecule has 1 aliphatic heterocycles. The molecule has 3 aromatic carbocycles. The van der Waals surface area contributed by atoms with Crippen molar-refractivity contribution >= 4 is 33.6 Å². The molecule has 0 aromatic heterocycles. The van der Waals surface area contributed by atoms with Crippen molar-refractivity contribution in [1.29, 1.82) is 0 Å². The van der Waals surface area contributed by atoms with Crippen LogP contribution >= 0.6 is 15.9 Å². The van der Waals surface area contributed by atoms with E-state index < -0.39 is 0 Å². The van der Waals surface area contributed by atoms with Crippen LogP contribution in [-0.4, -0.2) is 25.3 Å². The first-order valence-electron chi connectivity index (χ1n) is 9.17. The van der Waals surface area contributed by atoms with Gasteiger partial charge in [0, 0.05) is 16.1 Å². The third-order valence-corrected chi connectivity index (χ3v) is 5.12. The third kappa shape index (κ3) is 4.28. The Hall–Kier alpha value is -3.38. The number of carbonyl (C=O) groups is 2. The van der Waals surface area contributed by atoms with Crippen LogP contribution in [0.5, 0.6) is 17.2 Å². The maximum Gasteiger partial charge on any atom is 0.231 e. The molecule has 0 unspecified atom stereocenters. The van der Waals surface area contributed by atoms with Gasteiger partial charge < -0.3 is 14.2 Å². The molecule has 1 heterocycles. The average Bonchev–Trinajstić information content (AvgIpc) is 3.08. The number of benzene rings is 3. The van der Waals surface area contributed by atoms with Crippen LogP contribution in [0.25, 0.3) is 6.08 Å². The van der Waals surface area contributed by atoms with E-state index in [0.29, 0.717) is 28.4 Å². The summed E-state index contributed by atoms with van der Waals surface area (Å²) in [6, 6.07) is 19.3. The summed E-state index contributed by atoms with van der Waals surface area (Å²) in [5, 5.41) is 0. The molecule has 30 heavy (non-hydrogen) atoms. The van der Waals surface area contributed by atoms with E-state index in [1.807, 2.05) is 24.3 Å². The second kappa shape index (κ2) is 8.55. The van der Waals surface area contributed by atoms with E-state index >= 15 is 0 Å². The topological polar surface area (TPSA) is 61.8 Å². The van der Waals surface area contributed by atoms with Gasteiger partial charge in [0.15, 0.2) is 18.1 Å². The van der Waals surface area contributed by atoms with Crippen LogP contribution in [0.15, 0.2) is 77.0 Å². The second-order valence-corrected chi connectivity index (χ2v) is 7.51. The summed E-state index contributed by atoms with van der Waals surface area (Å²) in [5.41, 5.74) is 1.85. The van der Waals surface area contributed by atoms with Crippen molar-refractivity contribution in [3.05, 3.63) is 93.7 Å². The molecule has 3 aromatic rings. The molecule has 0 saturated heterocycles. The number of rotatable bonds is 6. The number of ether oxygens (including phenoxy) is 3. The lowest BCUT2D eigenvalue weighted by molar-refractivity contribution is 0.0921. The number of hydrogen-bond acceptors (Lipinski definition) is 5. The predicted molar refractivity (Wildman–Crippen MR) is 116 cm³/mol. The van der Waals surface area contributed by atoms with Crippen molar-refractivity contribution in [2.45, 2.75) is 0 Å². The number of hydrogen-bond donors (Lipinski definition) is 0. The smallest absolute Gasteiger partial charge is 0.231 e. The summed E-state index contributed by atoms with van der Waals surface area (Å²) in [6.07, 6.45) is 1.70. The molecular formula is C24H17BrO5. The maximum atomic E-state index is 12.6. The van der Waals surface area contributed by atoms with Gasteiger partial charge in [-0.3, -0.25) is 9.59 Å². The monoisotopic (exact) mass is 464 g/mol. The van der Waals surface area contributed by atoms with Gasteiger partial charge in [0.25, 0.3) is 0 Å². The largest absolute Gasteiger partial charge is 0.497 e. The number of carbonyl (C=O) groups excluding carboxylic acids is 2. The van der Waals surface area contributed by atoms with Gasteiger partial charge in [0.2, 0.25) is 5.78 Å². The summed E-state index contributed by atoms with van der Waals surface area (Å²) in [5.74, 6) is 1.45. The molecule has 0 N–H and O–H groups in total. The van der Waals surface area contributed by atoms with Crippen molar-refractivity contribution < 1.29 is 23.8 Å². The highest BCUT2D eigenvalue weighted by molar-refractivity contribution is 9.10. The lowest BCUT2D eigenvalue weighted by atomic mass is 10.1. The van der Waals surface area contributed by atoms with E-state index in [0.717, 1.165) is 10.0 Å². The van der Waals surface area contributed by atoms with Crippen LogP contribution in [0.1, 0.15) is 26.3 Å². The van der Waals surface area contributed by atoms with E-state index in [1.54, 1.807) is 55.7 Å². The molecule has 0 radical (unpaired) electrons. The van der Waals surface area contributed by atoms with Crippen molar-refractivity contribution in [1.82, 2.24) is 0 Å². The van der Waals surface area contributed by atoms with Crippen molar-refractivity contribution in [2.24, 2.45) is 0 Å². The summed E-state index contributed by atoms with van der Waals surface area (Å²) in [4.78, 5) is 24.9. The van der Waals surface area contributed by atoms with E-state index in [9.17, 15) is 9.59 Å². The Morgan fingerprint density at radius 2 is 1.70 bits per heavy atom. The zero-order valence-corrected chi connectivity index (χ0v) is 17.6. The van der Waals surface area contributed by atoms with E-state index in [4.69, 9.17) is 14.2 Å². The highest BCUT2D eigenvalue weighted by atomic mass is 79.9. The van der Waals surface area contributed by atoms with Gasteiger partial charge in [-0.2, -0.15) is 0 Å². The number of allylic oxidation sites excluding steroid dienone is 1. The van der Waals surface area contributed by atoms with Gasteiger partial charge in [-0.1, -0.05) is 28.1 Å². The van der Waals surface area contributed by atoms with Crippen LogP contribution < -0.4 is 14.2 Å². The standard InChI is InChI=1S/C24H17BrO5/c1-28-18-8-4-16(5-9-18)21(26)14-29-19-10-11-20-22(13-19)30-23(24(20)27)12-15-2-6-17(25)7-3-15/h2-13H,14H2,1H3/b23-12-. The molecule has 0 atom stereocenters. The molecule has 0 spiro atoms.